The Kier molecular flexibility index (Phi) is 5.76. The van der Waals surface area contributed by atoms with Gasteiger partial charge in [0.05, 0.1) is 22.4 Å². The first-order chi connectivity index (χ1) is 10.9. The molecule has 1 amide bonds. The predicted molar refractivity (Wildman–Crippen MR) is 90.5 cm³/mol. The summed E-state index contributed by atoms with van der Waals surface area (Å²) in [6, 6.07) is 8.19. The van der Waals surface area contributed by atoms with E-state index in [9.17, 15) is 9.59 Å². The van der Waals surface area contributed by atoms with E-state index < -0.39 is 5.97 Å². The zero-order valence-corrected chi connectivity index (χ0v) is 14.2. The molecule has 0 saturated carbocycles. The Labute approximate surface area is 142 Å². The molecular weight excluding hydrogens is 338 g/mol. The molecule has 0 aliphatic carbocycles. The number of rotatable bonds is 6. The molecule has 1 aromatic heterocycles. The molecular formula is C16H16ClNO4S. The van der Waals surface area contributed by atoms with Crippen LogP contribution in [0.25, 0.3) is 0 Å². The Morgan fingerprint density at radius 2 is 2.09 bits per heavy atom. The van der Waals surface area contributed by atoms with E-state index in [-0.39, 0.29) is 24.0 Å². The summed E-state index contributed by atoms with van der Waals surface area (Å²) in [5.74, 6) is -1.67. The lowest BCUT2D eigenvalue weighted by Gasteiger charge is -2.12. The van der Waals surface area contributed by atoms with Crippen LogP contribution in [0.3, 0.4) is 0 Å². The topological polar surface area (TPSA) is 75.6 Å². The number of aromatic carboxylic acids is 1. The van der Waals surface area contributed by atoms with Crippen molar-refractivity contribution in [3.63, 3.8) is 0 Å². The SMILES string of the molecule is COCc1cc(NC(=O)C(C)c2ccc(Cl)s2)cc(C(=O)O)c1. The fourth-order valence-electron chi connectivity index (χ4n) is 2.08. The number of ether oxygens (including phenoxy) is 1. The van der Waals surface area contributed by atoms with E-state index in [0.29, 0.717) is 15.6 Å². The predicted octanol–water partition coefficient (Wildman–Crippen LogP) is 3.99. The lowest BCUT2D eigenvalue weighted by molar-refractivity contribution is -0.117. The highest BCUT2D eigenvalue weighted by molar-refractivity contribution is 7.16. The van der Waals surface area contributed by atoms with E-state index in [2.05, 4.69) is 5.32 Å². The van der Waals surface area contributed by atoms with E-state index in [0.717, 1.165) is 4.88 Å². The molecule has 1 aromatic carbocycles. The van der Waals surface area contributed by atoms with Gasteiger partial charge in [-0.25, -0.2) is 4.79 Å². The van der Waals surface area contributed by atoms with Crippen LogP contribution < -0.4 is 5.32 Å². The summed E-state index contributed by atoms with van der Waals surface area (Å²) in [4.78, 5) is 24.4. The summed E-state index contributed by atoms with van der Waals surface area (Å²) >= 11 is 7.23. The van der Waals surface area contributed by atoms with Gasteiger partial charge in [-0.3, -0.25) is 4.79 Å². The van der Waals surface area contributed by atoms with Crippen LogP contribution in [-0.4, -0.2) is 24.1 Å². The van der Waals surface area contributed by atoms with E-state index in [1.165, 1.54) is 30.6 Å². The number of nitrogens with one attached hydrogen (secondary N) is 1. The quantitative estimate of drug-likeness (QED) is 0.823. The Bertz CT molecular complexity index is 729. The number of carbonyl (C=O) groups excluding carboxylic acids is 1. The Morgan fingerprint density at radius 3 is 2.65 bits per heavy atom. The van der Waals surface area contributed by atoms with Crippen LogP contribution in [0.15, 0.2) is 30.3 Å². The van der Waals surface area contributed by atoms with Crippen molar-refractivity contribution in [1.29, 1.82) is 0 Å². The number of benzene rings is 1. The largest absolute Gasteiger partial charge is 0.478 e. The van der Waals surface area contributed by atoms with Crippen molar-refractivity contribution in [2.45, 2.75) is 19.4 Å². The number of anilines is 1. The molecule has 122 valence electrons. The van der Waals surface area contributed by atoms with Gasteiger partial charge in [-0.2, -0.15) is 0 Å². The van der Waals surface area contributed by atoms with Gasteiger partial charge in [0.1, 0.15) is 0 Å². The fourth-order valence-corrected chi connectivity index (χ4v) is 3.19. The molecule has 0 fully saturated rings. The third-order valence-electron chi connectivity index (χ3n) is 3.23. The number of carboxylic acid groups (broad SMARTS) is 1. The maximum Gasteiger partial charge on any atom is 0.335 e. The molecule has 23 heavy (non-hydrogen) atoms. The van der Waals surface area contributed by atoms with Crippen molar-refractivity contribution in [3.05, 3.63) is 50.7 Å². The highest BCUT2D eigenvalue weighted by atomic mass is 35.5. The van der Waals surface area contributed by atoms with E-state index >= 15 is 0 Å². The summed E-state index contributed by atoms with van der Waals surface area (Å²) in [6.45, 7) is 2.04. The zero-order chi connectivity index (χ0) is 17.0. The Hall–Kier alpha value is -1.89. The molecule has 1 atom stereocenters. The number of carboxylic acids is 1. The Balaban J connectivity index is 2.20. The molecule has 1 heterocycles. The fraction of sp³-hybridized carbons (Fsp3) is 0.250. The first-order valence-electron chi connectivity index (χ1n) is 6.83. The molecule has 0 aliphatic heterocycles. The van der Waals surface area contributed by atoms with Crippen LogP contribution in [0, 0.1) is 0 Å². The highest BCUT2D eigenvalue weighted by Gasteiger charge is 2.18. The van der Waals surface area contributed by atoms with Crippen molar-refractivity contribution < 1.29 is 19.4 Å². The third kappa shape index (κ3) is 4.54. The minimum atomic E-state index is -1.06. The van der Waals surface area contributed by atoms with Gasteiger partial charge in [-0.05, 0) is 42.8 Å². The van der Waals surface area contributed by atoms with Gasteiger partial charge in [0.25, 0.3) is 0 Å². The normalized spacial score (nSPS) is 12.0. The standard InChI is InChI=1S/C16H16ClNO4S/c1-9(13-3-4-14(17)23-13)15(19)18-12-6-10(8-22-2)5-11(7-12)16(20)21/h3-7,9H,8H2,1-2H3,(H,18,19)(H,20,21). The second kappa shape index (κ2) is 7.59. The lowest BCUT2D eigenvalue weighted by atomic mass is 10.1. The van der Waals surface area contributed by atoms with Crippen molar-refractivity contribution in [1.82, 2.24) is 0 Å². The minimum Gasteiger partial charge on any atom is -0.478 e. The van der Waals surface area contributed by atoms with Gasteiger partial charge in [-0.1, -0.05) is 11.6 Å². The van der Waals surface area contributed by atoms with Crippen LogP contribution in [0.4, 0.5) is 5.69 Å². The van der Waals surface area contributed by atoms with Gasteiger partial charge in [-0.15, -0.1) is 11.3 Å². The minimum absolute atomic E-state index is 0.0988. The van der Waals surface area contributed by atoms with Gasteiger partial charge < -0.3 is 15.2 Å². The van der Waals surface area contributed by atoms with Gasteiger partial charge >= 0.3 is 5.97 Å². The second-order valence-corrected chi connectivity index (χ2v) is 6.76. The number of hydrogen-bond donors (Lipinski definition) is 2. The van der Waals surface area contributed by atoms with Crippen molar-refractivity contribution in [2.24, 2.45) is 0 Å². The number of thiophene rings is 1. The maximum absolute atomic E-state index is 12.3. The third-order valence-corrected chi connectivity index (χ3v) is 4.65. The van der Waals surface area contributed by atoms with Gasteiger partial charge in [0, 0.05) is 17.7 Å². The van der Waals surface area contributed by atoms with E-state index in [1.54, 1.807) is 25.1 Å². The molecule has 0 saturated heterocycles. The molecule has 1 unspecified atom stereocenters. The molecule has 2 N–H and O–H groups in total. The summed E-state index contributed by atoms with van der Waals surface area (Å²) in [5, 5.41) is 11.9. The number of methoxy groups -OCH3 is 1. The first-order valence-corrected chi connectivity index (χ1v) is 8.02. The molecule has 0 aliphatic rings. The van der Waals surface area contributed by atoms with Crippen molar-refractivity contribution in [2.75, 3.05) is 12.4 Å². The average molecular weight is 354 g/mol. The number of amides is 1. The van der Waals surface area contributed by atoms with Crippen LogP contribution in [-0.2, 0) is 16.1 Å². The summed E-state index contributed by atoms with van der Waals surface area (Å²) in [7, 11) is 1.52. The summed E-state index contributed by atoms with van der Waals surface area (Å²) < 4.78 is 5.64. The molecule has 0 spiro atoms. The monoisotopic (exact) mass is 353 g/mol. The molecule has 0 bridgehead atoms. The van der Waals surface area contributed by atoms with Crippen molar-refractivity contribution in [3.8, 4) is 0 Å². The van der Waals surface area contributed by atoms with Crippen LogP contribution >= 0.6 is 22.9 Å². The average Bonchev–Trinajstić information content (AvgIpc) is 2.93. The van der Waals surface area contributed by atoms with Gasteiger partial charge in [0.2, 0.25) is 5.91 Å². The van der Waals surface area contributed by atoms with Crippen LogP contribution in [0.2, 0.25) is 4.34 Å². The van der Waals surface area contributed by atoms with E-state index in [1.807, 2.05) is 0 Å². The van der Waals surface area contributed by atoms with Crippen LogP contribution in [0.5, 0.6) is 0 Å². The lowest BCUT2D eigenvalue weighted by Crippen LogP contribution is -2.18. The molecule has 2 rings (SSSR count). The smallest absolute Gasteiger partial charge is 0.335 e. The first kappa shape index (κ1) is 17.5. The van der Waals surface area contributed by atoms with Crippen LogP contribution in [0.1, 0.15) is 33.6 Å². The molecule has 2 aromatic rings. The molecule has 5 nitrogen and oxygen atoms in total. The molecule has 0 radical (unpaired) electrons. The number of carbonyl (C=O) groups is 2. The molecule has 7 heteroatoms. The number of hydrogen-bond acceptors (Lipinski definition) is 4. The highest BCUT2D eigenvalue weighted by Crippen LogP contribution is 2.29. The second-order valence-electron chi connectivity index (χ2n) is 5.01. The van der Waals surface area contributed by atoms with Gasteiger partial charge in [0.15, 0.2) is 0 Å². The maximum atomic E-state index is 12.3. The zero-order valence-electron chi connectivity index (χ0n) is 12.6. The summed E-state index contributed by atoms with van der Waals surface area (Å²) in [5.41, 5.74) is 1.20. The van der Waals surface area contributed by atoms with E-state index in [4.69, 9.17) is 21.4 Å². The Morgan fingerprint density at radius 1 is 1.35 bits per heavy atom. The van der Waals surface area contributed by atoms with Crippen molar-refractivity contribution >= 4 is 40.5 Å². The number of halogens is 1. The summed E-state index contributed by atoms with van der Waals surface area (Å²) in [6.07, 6.45) is 0.